The third-order valence-electron chi connectivity index (χ3n) is 6.52. The van der Waals surface area contributed by atoms with Crippen molar-refractivity contribution in [2.75, 3.05) is 37.8 Å². The number of carbonyl (C=O) groups is 1. The molecule has 2 fully saturated rings. The average molecular weight is 515 g/mol. The Labute approximate surface area is 218 Å². The summed E-state index contributed by atoms with van der Waals surface area (Å²) in [6, 6.07) is 4.42. The maximum absolute atomic E-state index is 12.3. The number of hydrogen-bond acceptors (Lipinski definition) is 9. The number of amides is 1. The van der Waals surface area contributed by atoms with E-state index in [4.69, 9.17) is 14.7 Å². The lowest BCUT2D eigenvalue weighted by Gasteiger charge is -2.35. The van der Waals surface area contributed by atoms with Crippen LogP contribution in [0.4, 0.5) is 10.6 Å². The number of thioether (sulfide) groups is 1. The molecule has 1 aliphatic heterocycles. The summed E-state index contributed by atoms with van der Waals surface area (Å²) in [7, 11) is 0. The molecule has 9 nitrogen and oxygen atoms in total. The van der Waals surface area contributed by atoms with Crippen molar-refractivity contribution in [3.8, 4) is 11.3 Å². The second-order valence-corrected chi connectivity index (χ2v) is 11.3. The van der Waals surface area contributed by atoms with Crippen LogP contribution in [0.3, 0.4) is 0 Å². The topological polar surface area (TPSA) is 104 Å². The van der Waals surface area contributed by atoms with Gasteiger partial charge in [-0.05, 0) is 64.3 Å². The van der Waals surface area contributed by atoms with E-state index in [0.29, 0.717) is 13.1 Å². The Morgan fingerprint density at radius 1 is 1.11 bits per heavy atom. The largest absolute Gasteiger partial charge is 0.444 e. The second-order valence-electron chi connectivity index (χ2n) is 10.6. The van der Waals surface area contributed by atoms with Crippen molar-refractivity contribution in [1.82, 2.24) is 24.8 Å². The average Bonchev–Trinajstić information content (AvgIpc) is 2.85. The van der Waals surface area contributed by atoms with Crippen LogP contribution < -0.4 is 5.32 Å². The zero-order chi connectivity index (χ0) is 25.7. The van der Waals surface area contributed by atoms with Crippen LogP contribution in [0.25, 0.3) is 11.3 Å². The van der Waals surface area contributed by atoms with Gasteiger partial charge in [0.05, 0.1) is 17.4 Å². The highest BCUT2D eigenvalue weighted by molar-refractivity contribution is 7.98. The minimum absolute atomic E-state index is 0.191. The molecule has 0 atom stereocenters. The molecule has 0 spiro atoms. The van der Waals surface area contributed by atoms with Gasteiger partial charge in [-0.2, -0.15) is 0 Å². The number of nitrogens with one attached hydrogen (secondary N) is 1. The summed E-state index contributed by atoms with van der Waals surface area (Å²) in [5, 5.41) is 14.1. The lowest BCUT2D eigenvalue weighted by Crippen LogP contribution is -2.49. The summed E-state index contributed by atoms with van der Waals surface area (Å²) < 4.78 is 5.49. The molecule has 1 amide bonds. The summed E-state index contributed by atoms with van der Waals surface area (Å²) in [5.74, 6) is 0.800. The van der Waals surface area contributed by atoms with E-state index in [1.54, 1.807) is 4.90 Å². The van der Waals surface area contributed by atoms with Crippen molar-refractivity contribution in [3.05, 3.63) is 30.1 Å². The van der Waals surface area contributed by atoms with Gasteiger partial charge in [-0.25, -0.2) is 14.8 Å². The van der Waals surface area contributed by atoms with Gasteiger partial charge in [0.15, 0.2) is 5.16 Å². The Kier molecular flexibility index (Phi) is 8.69. The van der Waals surface area contributed by atoms with Gasteiger partial charge in [0, 0.05) is 51.2 Å². The first-order valence-corrected chi connectivity index (χ1v) is 13.9. The van der Waals surface area contributed by atoms with Crippen molar-refractivity contribution >= 4 is 23.7 Å². The number of aromatic nitrogens is 3. The first-order chi connectivity index (χ1) is 17.2. The summed E-state index contributed by atoms with van der Waals surface area (Å²) in [5.41, 5.74) is 2.37. The summed E-state index contributed by atoms with van der Waals surface area (Å²) in [4.78, 5) is 30.4. The Balaban J connectivity index is 1.37. The molecule has 2 aromatic rings. The van der Waals surface area contributed by atoms with E-state index in [2.05, 4.69) is 21.3 Å². The van der Waals surface area contributed by atoms with Crippen molar-refractivity contribution in [2.24, 2.45) is 0 Å². The van der Waals surface area contributed by atoms with Gasteiger partial charge in [0.25, 0.3) is 0 Å². The molecule has 0 bridgehead atoms. The van der Waals surface area contributed by atoms with Crippen molar-refractivity contribution in [1.29, 1.82) is 0 Å². The lowest BCUT2D eigenvalue weighted by molar-refractivity contribution is 0.0139. The number of anilines is 1. The van der Waals surface area contributed by atoms with Crippen molar-refractivity contribution < 1.29 is 14.6 Å². The zero-order valence-electron chi connectivity index (χ0n) is 21.7. The van der Waals surface area contributed by atoms with Gasteiger partial charge in [-0.1, -0.05) is 17.8 Å². The van der Waals surface area contributed by atoms with E-state index in [0.717, 1.165) is 73.1 Å². The number of nitrogens with zero attached hydrogens (tertiary/aromatic N) is 5. The van der Waals surface area contributed by atoms with Gasteiger partial charge in [-0.15, -0.1) is 0 Å². The van der Waals surface area contributed by atoms with Crippen LogP contribution in [-0.2, 0) is 11.3 Å². The maximum Gasteiger partial charge on any atom is 0.410 e. The third kappa shape index (κ3) is 7.30. The fourth-order valence-corrected chi connectivity index (χ4v) is 4.87. The highest BCUT2D eigenvalue weighted by atomic mass is 32.2. The molecule has 196 valence electrons. The molecule has 1 saturated heterocycles. The Hall–Kier alpha value is -2.43. The molecule has 0 radical (unpaired) electrons. The number of aliphatic hydroxyl groups is 1. The molecule has 1 aliphatic carbocycles. The molecule has 3 heterocycles. The second kappa shape index (κ2) is 11.7. The van der Waals surface area contributed by atoms with Gasteiger partial charge < -0.3 is 20.1 Å². The van der Waals surface area contributed by atoms with Gasteiger partial charge in [0.1, 0.15) is 11.4 Å². The predicted molar refractivity (Wildman–Crippen MR) is 142 cm³/mol. The maximum atomic E-state index is 12.3. The minimum Gasteiger partial charge on any atom is -0.444 e. The van der Waals surface area contributed by atoms with Gasteiger partial charge in [-0.3, -0.25) is 9.88 Å². The molecule has 36 heavy (non-hydrogen) atoms. The molecule has 10 heteroatoms. The molecule has 0 unspecified atom stereocenters. The van der Waals surface area contributed by atoms with Crippen LogP contribution in [0.1, 0.15) is 52.0 Å². The van der Waals surface area contributed by atoms with Crippen molar-refractivity contribution in [3.63, 3.8) is 0 Å². The van der Waals surface area contributed by atoms with E-state index < -0.39 is 5.60 Å². The first-order valence-electron chi connectivity index (χ1n) is 12.7. The number of piperazine rings is 1. The number of aliphatic hydroxyl groups excluding tert-OH is 1. The van der Waals surface area contributed by atoms with Crippen LogP contribution >= 0.6 is 11.8 Å². The molecule has 0 aromatic carbocycles. The van der Waals surface area contributed by atoms with E-state index >= 15 is 0 Å². The van der Waals surface area contributed by atoms with E-state index in [1.807, 2.05) is 45.5 Å². The summed E-state index contributed by atoms with van der Waals surface area (Å²) >= 11 is 1.51. The van der Waals surface area contributed by atoms with Crippen LogP contribution in [-0.4, -0.2) is 86.1 Å². The molecule has 1 saturated carbocycles. The smallest absolute Gasteiger partial charge is 0.410 e. The normalized spacial score (nSPS) is 21.3. The number of hydrogen-bond donors (Lipinski definition) is 2. The first kappa shape index (κ1) is 26.6. The van der Waals surface area contributed by atoms with Crippen LogP contribution in [0.5, 0.6) is 0 Å². The number of rotatable bonds is 6. The van der Waals surface area contributed by atoms with Crippen molar-refractivity contribution in [2.45, 2.75) is 75.9 Å². The molecule has 2 N–H and O–H groups in total. The van der Waals surface area contributed by atoms with E-state index in [-0.39, 0.29) is 18.2 Å². The van der Waals surface area contributed by atoms with Gasteiger partial charge >= 0.3 is 6.09 Å². The van der Waals surface area contributed by atoms with E-state index in [9.17, 15) is 9.90 Å². The molecule has 4 rings (SSSR count). The highest BCUT2D eigenvalue weighted by Crippen LogP contribution is 2.29. The zero-order valence-corrected chi connectivity index (χ0v) is 22.6. The standard InChI is InChI=1S/C26H38N6O3S/c1-26(2,3)35-25(34)32-13-11-31(12-14-32)17-18-5-10-22(27-15-18)21-16-28-24(36-4)30-23(21)29-19-6-8-20(33)9-7-19/h5,10,15-16,19-20,33H,6-9,11-14,17H2,1-4H3,(H,28,29,30). The number of pyridine rings is 1. The molecule has 2 aromatic heterocycles. The van der Waals surface area contributed by atoms with E-state index in [1.165, 1.54) is 11.8 Å². The summed E-state index contributed by atoms with van der Waals surface area (Å²) in [6.07, 6.45) is 8.77. The predicted octanol–water partition coefficient (Wildman–Crippen LogP) is 4.03. The minimum atomic E-state index is -0.476. The fraction of sp³-hybridized carbons (Fsp3) is 0.615. The molecular formula is C26H38N6O3S. The van der Waals surface area contributed by atoms with Gasteiger partial charge in [0.2, 0.25) is 0 Å². The van der Waals surface area contributed by atoms with Crippen LogP contribution in [0.15, 0.2) is 29.7 Å². The van der Waals surface area contributed by atoms with Crippen LogP contribution in [0.2, 0.25) is 0 Å². The molecular weight excluding hydrogens is 476 g/mol. The Bertz CT molecular complexity index is 1010. The lowest BCUT2D eigenvalue weighted by atomic mass is 9.93. The highest BCUT2D eigenvalue weighted by Gasteiger charge is 2.26. The van der Waals surface area contributed by atoms with Crippen LogP contribution in [0, 0.1) is 0 Å². The third-order valence-corrected chi connectivity index (χ3v) is 7.08. The Morgan fingerprint density at radius 3 is 2.44 bits per heavy atom. The number of ether oxygens (including phenoxy) is 1. The Morgan fingerprint density at radius 2 is 1.83 bits per heavy atom. The summed E-state index contributed by atoms with van der Waals surface area (Å²) in [6.45, 7) is 9.38. The number of carbonyl (C=O) groups excluding carboxylic acids is 1. The monoisotopic (exact) mass is 514 g/mol. The molecule has 2 aliphatic rings. The SMILES string of the molecule is CSc1ncc(-c2ccc(CN3CCN(C(=O)OC(C)(C)C)CC3)cn2)c(NC2CCC(O)CC2)n1. The quantitative estimate of drug-likeness (QED) is 0.437. The fourth-order valence-electron chi connectivity index (χ4n) is 4.53.